The van der Waals surface area contributed by atoms with Gasteiger partial charge in [-0.1, -0.05) is 44.0 Å². The fraction of sp³-hybridized carbons (Fsp3) is 0.462. The first-order valence-electron chi connectivity index (χ1n) is 5.87. The highest BCUT2D eigenvalue weighted by Gasteiger charge is 2.40. The number of benzene rings is 1. The van der Waals surface area contributed by atoms with E-state index in [0.29, 0.717) is 0 Å². The van der Waals surface area contributed by atoms with E-state index in [9.17, 15) is 9.90 Å². The number of carboxylic acids is 1. The van der Waals surface area contributed by atoms with Gasteiger partial charge in [0.15, 0.2) is 0 Å². The van der Waals surface area contributed by atoms with Crippen LogP contribution in [0.15, 0.2) is 12.1 Å². The molecule has 6 heteroatoms. The quantitative estimate of drug-likeness (QED) is 0.790. The molecule has 19 heavy (non-hydrogen) atoms. The summed E-state index contributed by atoms with van der Waals surface area (Å²) in [5.41, 5.74) is 0.00215. The van der Waals surface area contributed by atoms with Crippen molar-refractivity contribution in [2.45, 2.75) is 38.9 Å². The van der Waals surface area contributed by atoms with Crippen molar-refractivity contribution in [2.75, 3.05) is 0 Å². The lowest BCUT2D eigenvalue weighted by atomic mass is 10.2. The molecule has 1 aromatic rings. The highest BCUT2D eigenvalue weighted by atomic mass is 35.5. The standard InChI is InChI=1S/C13H18Cl2O3Si/c1-13(2,3)19(4,5)18-11-9(12(16)17)6-8(14)7-10(11)15/h6-7H,1-5H3,(H,16,17). The van der Waals surface area contributed by atoms with Gasteiger partial charge in [0, 0.05) is 5.02 Å². The molecule has 0 aliphatic carbocycles. The van der Waals surface area contributed by atoms with E-state index in [-0.39, 0.29) is 26.4 Å². The topological polar surface area (TPSA) is 46.5 Å². The molecule has 106 valence electrons. The van der Waals surface area contributed by atoms with Crippen LogP contribution in [0.2, 0.25) is 28.2 Å². The predicted octanol–water partition coefficient (Wildman–Crippen LogP) is 5.08. The van der Waals surface area contributed by atoms with E-state index in [1.807, 2.05) is 13.1 Å². The second kappa shape index (κ2) is 5.35. The number of hydrogen-bond donors (Lipinski definition) is 1. The molecule has 0 aromatic heterocycles. The van der Waals surface area contributed by atoms with E-state index in [2.05, 4.69) is 20.8 Å². The summed E-state index contributed by atoms with van der Waals surface area (Å²) in [5, 5.41) is 9.70. The van der Waals surface area contributed by atoms with Gasteiger partial charge in [-0.25, -0.2) is 4.79 Å². The molecule has 3 nitrogen and oxygen atoms in total. The highest BCUT2D eigenvalue weighted by molar-refractivity contribution is 6.74. The number of hydrogen-bond acceptors (Lipinski definition) is 2. The van der Waals surface area contributed by atoms with Crippen molar-refractivity contribution in [1.29, 1.82) is 0 Å². The number of carboxylic acid groups (broad SMARTS) is 1. The van der Waals surface area contributed by atoms with Crippen LogP contribution >= 0.6 is 23.2 Å². The van der Waals surface area contributed by atoms with Gasteiger partial charge in [0.05, 0.1) is 5.02 Å². The summed E-state index contributed by atoms with van der Waals surface area (Å²) in [7, 11) is -2.16. The first kappa shape index (κ1) is 16.3. The van der Waals surface area contributed by atoms with Gasteiger partial charge in [-0.2, -0.15) is 0 Å². The van der Waals surface area contributed by atoms with Gasteiger partial charge in [-0.3, -0.25) is 0 Å². The van der Waals surface area contributed by atoms with Crippen molar-refractivity contribution in [3.63, 3.8) is 0 Å². The first-order valence-corrected chi connectivity index (χ1v) is 9.53. The smallest absolute Gasteiger partial charge is 0.339 e. The third kappa shape index (κ3) is 3.65. The van der Waals surface area contributed by atoms with Crippen molar-refractivity contribution in [1.82, 2.24) is 0 Å². The molecule has 1 aromatic carbocycles. The summed E-state index contributed by atoms with van der Waals surface area (Å²) >= 11 is 11.9. The minimum absolute atomic E-state index is 0.00215. The molecule has 0 amide bonds. The summed E-state index contributed by atoms with van der Waals surface area (Å²) < 4.78 is 6.01. The molecule has 0 atom stereocenters. The molecular formula is C13H18Cl2O3Si. The molecule has 0 spiro atoms. The molecule has 0 saturated carbocycles. The normalized spacial score (nSPS) is 12.4. The predicted molar refractivity (Wildman–Crippen MR) is 81.2 cm³/mol. The van der Waals surface area contributed by atoms with E-state index in [1.165, 1.54) is 12.1 Å². The Morgan fingerprint density at radius 1 is 1.26 bits per heavy atom. The minimum atomic E-state index is -2.16. The number of halogens is 2. The Bertz CT molecular complexity index is 507. The average Bonchev–Trinajstić information content (AvgIpc) is 2.19. The Balaban J connectivity index is 3.32. The van der Waals surface area contributed by atoms with E-state index in [0.717, 1.165) is 0 Å². The molecule has 0 heterocycles. The van der Waals surface area contributed by atoms with Crippen LogP contribution in [-0.2, 0) is 0 Å². The molecule has 1 rings (SSSR count). The molecule has 0 saturated heterocycles. The number of carbonyl (C=O) groups is 1. The van der Waals surface area contributed by atoms with Gasteiger partial charge < -0.3 is 9.53 Å². The van der Waals surface area contributed by atoms with Crippen LogP contribution in [0.1, 0.15) is 31.1 Å². The van der Waals surface area contributed by atoms with Crippen LogP contribution in [-0.4, -0.2) is 19.4 Å². The third-order valence-electron chi connectivity index (χ3n) is 3.40. The van der Waals surface area contributed by atoms with Crippen molar-refractivity contribution in [3.05, 3.63) is 27.7 Å². The molecular weight excluding hydrogens is 303 g/mol. The fourth-order valence-corrected chi connectivity index (χ4v) is 2.86. The Morgan fingerprint density at radius 3 is 2.21 bits per heavy atom. The molecule has 0 unspecified atom stereocenters. The highest BCUT2D eigenvalue weighted by Crippen LogP contribution is 2.41. The lowest BCUT2D eigenvalue weighted by Gasteiger charge is -2.37. The summed E-state index contributed by atoms with van der Waals surface area (Å²) in [4.78, 5) is 11.3. The largest absolute Gasteiger partial charge is 0.542 e. The summed E-state index contributed by atoms with van der Waals surface area (Å²) in [6.07, 6.45) is 0. The Hall–Kier alpha value is -0.713. The lowest BCUT2D eigenvalue weighted by molar-refractivity contribution is 0.0694. The second-order valence-corrected chi connectivity index (χ2v) is 11.5. The zero-order chi connectivity index (χ0) is 15.0. The molecule has 0 bridgehead atoms. The van der Waals surface area contributed by atoms with E-state index < -0.39 is 14.3 Å². The Morgan fingerprint density at radius 2 is 1.79 bits per heavy atom. The maximum absolute atomic E-state index is 11.3. The van der Waals surface area contributed by atoms with Gasteiger partial charge >= 0.3 is 5.97 Å². The van der Waals surface area contributed by atoms with Crippen LogP contribution in [0.3, 0.4) is 0 Å². The lowest BCUT2D eigenvalue weighted by Crippen LogP contribution is -2.44. The monoisotopic (exact) mass is 320 g/mol. The first-order chi connectivity index (χ1) is 8.45. The number of rotatable bonds is 3. The van der Waals surface area contributed by atoms with Gasteiger partial charge in [-0.05, 0) is 30.3 Å². The maximum Gasteiger partial charge on any atom is 0.339 e. The Labute approximate surface area is 124 Å². The molecule has 0 aliphatic rings. The summed E-state index contributed by atoms with van der Waals surface area (Å²) in [6, 6.07) is 2.86. The van der Waals surface area contributed by atoms with Gasteiger partial charge in [-0.15, -0.1) is 0 Å². The van der Waals surface area contributed by atoms with Crippen LogP contribution in [0.5, 0.6) is 5.75 Å². The SMILES string of the molecule is CC(C)(C)[Si](C)(C)Oc1c(Cl)cc(Cl)cc1C(=O)O. The van der Waals surface area contributed by atoms with Crippen LogP contribution in [0.25, 0.3) is 0 Å². The van der Waals surface area contributed by atoms with E-state index in [4.69, 9.17) is 27.6 Å². The van der Waals surface area contributed by atoms with Crippen molar-refractivity contribution in [3.8, 4) is 5.75 Å². The zero-order valence-corrected chi connectivity index (χ0v) is 14.2. The zero-order valence-electron chi connectivity index (χ0n) is 11.7. The molecule has 0 fully saturated rings. The van der Waals surface area contributed by atoms with Gasteiger partial charge in [0.2, 0.25) is 0 Å². The molecule has 0 aliphatic heterocycles. The van der Waals surface area contributed by atoms with Gasteiger partial charge in [0.25, 0.3) is 8.32 Å². The molecule has 1 N–H and O–H groups in total. The summed E-state index contributed by atoms with van der Waals surface area (Å²) in [6.45, 7) is 10.3. The minimum Gasteiger partial charge on any atom is -0.542 e. The summed E-state index contributed by atoms with van der Waals surface area (Å²) in [5.74, 6) is -0.886. The van der Waals surface area contributed by atoms with Gasteiger partial charge in [0.1, 0.15) is 11.3 Å². The van der Waals surface area contributed by atoms with Crippen LogP contribution < -0.4 is 4.43 Å². The van der Waals surface area contributed by atoms with E-state index in [1.54, 1.807) is 0 Å². The van der Waals surface area contributed by atoms with Crippen LogP contribution in [0, 0.1) is 0 Å². The van der Waals surface area contributed by atoms with Crippen LogP contribution in [0.4, 0.5) is 0 Å². The Kier molecular flexibility index (Phi) is 4.60. The van der Waals surface area contributed by atoms with E-state index >= 15 is 0 Å². The van der Waals surface area contributed by atoms with Crippen molar-refractivity contribution in [2.24, 2.45) is 0 Å². The second-order valence-electron chi connectivity index (χ2n) is 5.93. The van der Waals surface area contributed by atoms with Crippen molar-refractivity contribution < 1.29 is 14.3 Å². The maximum atomic E-state index is 11.3. The number of aromatic carboxylic acids is 1. The average molecular weight is 321 g/mol. The molecule has 0 radical (unpaired) electrons. The fourth-order valence-electron chi connectivity index (χ4n) is 1.23. The van der Waals surface area contributed by atoms with Crippen molar-refractivity contribution >= 4 is 37.5 Å². The third-order valence-corrected chi connectivity index (χ3v) is 8.23.